The average Bonchev–Trinajstić information content (AvgIpc) is 3.23. The summed E-state index contributed by atoms with van der Waals surface area (Å²) < 4.78 is 12.3. The van der Waals surface area contributed by atoms with Crippen molar-refractivity contribution in [3.63, 3.8) is 0 Å². The van der Waals surface area contributed by atoms with Crippen LogP contribution in [0, 0.1) is 0 Å². The van der Waals surface area contributed by atoms with Gasteiger partial charge in [0.1, 0.15) is 11.1 Å². The fourth-order valence-electron chi connectivity index (χ4n) is 3.52. The van der Waals surface area contributed by atoms with E-state index in [0.717, 1.165) is 31.7 Å². The predicted molar refractivity (Wildman–Crippen MR) is 88.1 cm³/mol. The van der Waals surface area contributed by atoms with Crippen molar-refractivity contribution in [3.05, 3.63) is 46.7 Å². The van der Waals surface area contributed by atoms with E-state index in [4.69, 9.17) is 9.47 Å². The highest BCUT2D eigenvalue weighted by molar-refractivity contribution is 7.09. The van der Waals surface area contributed by atoms with Crippen LogP contribution in [0.1, 0.15) is 23.4 Å². The van der Waals surface area contributed by atoms with Gasteiger partial charge in [-0.15, -0.1) is 11.3 Å². The molecule has 0 N–H and O–H groups in total. The summed E-state index contributed by atoms with van der Waals surface area (Å²) in [4.78, 5) is 11.0. The molecule has 122 valence electrons. The van der Waals surface area contributed by atoms with Crippen LogP contribution < -0.4 is 0 Å². The summed E-state index contributed by atoms with van der Waals surface area (Å²) in [5.41, 5.74) is 1.16. The van der Waals surface area contributed by atoms with Crippen LogP contribution in [0.4, 0.5) is 0 Å². The van der Waals surface area contributed by atoms with Crippen molar-refractivity contribution >= 4 is 11.3 Å². The fourth-order valence-corrected chi connectivity index (χ4v) is 4.16. The average molecular weight is 331 g/mol. The van der Waals surface area contributed by atoms with Crippen molar-refractivity contribution < 1.29 is 9.47 Å². The molecule has 0 radical (unpaired) electrons. The van der Waals surface area contributed by atoms with Gasteiger partial charge in [-0.1, -0.05) is 0 Å². The lowest BCUT2D eigenvalue weighted by molar-refractivity contribution is -0.0819. The topological polar surface area (TPSA) is 47.5 Å². The minimum atomic E-state index is 0.133. The van der Waals surface area contributed by atoms with E-state index >= 15 is 0 Å². The van der Waals surface area contributed by atoms with E-state index in [1.165, 1.54) is 11.4 Å². The molecule has 6 heteroatoms. The van der Waals surface area contributed by atoms with Crippen molar-refractivity contribution in [3.8, 4) is 0 Å². The Morgan fingerprint density at radius 3 is 3.04 bits per heavy atom. The molecule has 3 atom stereocenters. The number of rotatable bonds is 5. The van der Waals surface area contributed by atoms with Gasteiger partial charge in [0.15, 0.2) is 0 Å². The molecule has 2 aromatic rings. The molecule has 2 aliphatic heterocycles. The third kappa shape index (κ3) is 3.45. The molecule has 2 saturated heterocycles. The molecule has 2 aliphatic rings. The Morgan fingerprint density at radius 1 is 1.30 bits per heavy atom. The molecule has 2 aromatic heterocycles. The van der Waals surface area contributed by atoms with Gasteiger partial charge < -0.3 is 9.47 Å². The number of hydrogen-bond acceptors (Lipinski definition) is 6. The zero-order valence-electron chi connectivity index (χ0n) is 13.0. The van der Waals surface area contributed by atoms with E-state index in [2.05, 4.69) is 14.9 Å². The highest BCUT2D eigenvalue weighted by Gasteiger charge is 2.44. The maximum Gasteiger partial charge on any atom is 0.107 e. The molecule has 0 aliphatic carbocycles. The second kappa shape index (κ2) is 7.05. The number of nitrogens with zero attached hydrogens (tertiary/aromatic N) is 3. The van der Waals surface area contributed by atoms with Gasteiger partial charge in [0.05, 0.1) is 19.3 Å². The Hall–Kier alpha value is -1.34. The van der Waals surface area contributed by atoms with Crippen LogP contribution in [0.25, 0.3) is 0 Å². The zero-order valence-corrected chi connectivity index (χ0v) is 13.8. The molecule has 0 unspecified atom stereocenters. The molecule has 0 bridgehead atoms. The lowest BCUT2D eigenvalue weighted by atomic mass is 10.0. The molecular weight excluding hydrogens is 310 g/mol. The summed E-state index contributed by atoms with van der Waals surface area (Å²) in [5, 5.41) is 3.21. The highest BCUT2D eigenvalue weighted by atomic mass is 32.1. The molecule has 4 rings (SSSR count). The molecule has 0 spiro atoms. The van der Waals surface area contributed by atoms with Crippen molar-refractivity contribution in [2.24, 2.45) is 0 Å². The first-order chi connectivity index (χ1) is 11.4. The molecule has 0 aromatic carbocycles. The maximum absolute atomic E-state index is 6.20. The molecule has 4 heterocycles. The van der Waals surface area contributed by atoms with E-state index < -0.39 is 0 Å². The number of fused-ring (bicyclic) bond motifs is 1. The third-order valence-electron chi connectivity index (χ3n) is 4.62. The number of thiazole rings is 1. The van der Waals surface area contributed by atoms with Crippen molar-refractivity contribution in [1.29, 1.82) is 0 Å². The second-order valence-electron chi connectivity index (χ2n) is 6.11. The normalized spacial score (nSPS) is 27.9. The summed E-state index contributed by atoms with van der Waals surface area (Å²) in [7, 11) is 0. The summed E-state index contributed by atoms with van der Waals surface area (Å²) in [5.74, 6) is 0. The van der Waals surface area contributed by atoms with Gasteiger partial charge in [-0.05, 0) is 30.5 Å². The number of ether oxygens (including phenoxy) is 2. The van der Waals surface area contributed by atoms with Gasteiger partial charge in [-0.25, -0.2) is 4.98 Å². The van der Waals surface area contributed by atoms with Crippen LogP contribution in [0.3, 0.4) is 0 Å². The highest BCUT2D eigenvalue weighted by Crippen LogP contribution is 2.32. The lowest BCUT2D eigenvalue weighted by Gasteiger charge is -2.32. The minimum Gasteiger partial charge on any atom is -0.374 e. The molecule has 0 saturated carbocycles. The van der Waals surface area contributed by atoms with E-state index in [9.17, 15) is 0 Å². The first kappa shape index (κ1) is 15.2. The van der Waals surface area contributed by atoms with Crippen molar-refractivity contribution in [2.75, 3.05) is 13.2 Å². The molecule has 0 amide bonds. The van der Waals surface area contributed by atoms with Crippen LogP contribution in [0.5, 0.6) is 0 Å². The Bertz CT molecular complexity index is 608. The molecule has 5 nitrogen and oxygen atoms in total. The van der Waals surface area contributed by atoms with Crippen molar-refractivity contribution in [2.45, 2.75) is 44.2 Å². The van der Waals surface area contributed by atoms with Crippen LogP contribution in [0.2, 0.25) is 0 Å². The van der Waals surface area contributed by atoms with Gasteiger partial charge in [0.2, 0.25) is 0 Å². The predicted octanol–water partition coefficient (Wildman–Crippen LogP) is 2.49. The van der Waals surface area contributed by atoms with Crippen molar-refractivity contribution in [1.82, 2.24) is 14.9 Å². The number of likely N-dealkylation sites (tertiary alicyclic amines) is 1. The maximum atomic E-state index is 6.20. The summed E-state index contributed by atoms with van der Waals surface area (Å²) in [6.07, 6.45) is 8.13. The van der Waals surface area contributed by atoms with E-state index in [1.54, 1.807) is 11.3 Å². The minimum absolute atomic E-state index is 0.133. The Labute approximate surface area is 140 Å². The van der Waals surface area contributed by atoms with Crippen LogP contribution >= 0.6 is 11.3 Å². The van der Waals surface area contributed by atoms with Crippen LogP contribution in [-0.2, 0) is 22.6 Å². The van der Waals surface area contributed by atoms with E-state index in [0.29, 0.717) is 12.6 Å². The molecule has 2 fully saturated rings. The largest absolute Gasteiger partial charge is 0.374 e. The number of pyridine rings is 1. The first-order valence-corrected chi connectivity index (χ1v) is 9.02. The smallest absolute Gasteiger partial charge is 0.107 e. The first-order valence-electron chi connectivity index (χ1n) is 8.15. The summed E-state index contributed by atoms with van der Waals surface area (Å²) in [6.45, 7) is 3.28. The molecule has 23 heavy (non-hydrogen) atoms. The molecular formula is C17H21N3O2S. The monoisotopic (exact) mass is 331 g/mol. The quantitative estimate of drug-likeness (QED) is 0.842. The van der Waals surface area contributed by atoms with Gasteiger partial charge in [0, 0.05) is 43.2 Å². The number of hydrogen-bond donors (Lipinski definition) is 0. The van der Waals surface area contributed by atoms with Gasteiger partial charge >= 0.3 is 0 Å². The van der Waals surface area contributed by atoms with Gasteiger partial charge in [-0.3, -0.25) is 9.88 Å². The van der Waals surface area contributed by atoms with Gasteiger partial charge in [-0.2, -0.15) is 0 Å². The SMILES string of the molecule is c1cc(CO[C@H]2CN(Cc3nccs3)[C@@H]3CCCO[C@H]23)ccn1. The summed E-state index contributed by atoms with van der Waals surface area (Å²) >= 11 is 1.72. The number of aromatic nitrogens is 2. The van der Waals surface area contributed by atoms with E-state index in [1.807, 2.05) is 36.1 Å². The van der Waals surface area contributed by atoms with Gasteiger partial charge in [0.25, 0.3) is 0 Å². The van der Waals surface area contributed by atoms with Crippen LogP contribution in [-0.4, -0.2) is 46.3 Å². The summed E-state index contributed by atoms with van der Waals surface area (Å²) in [6, 6.07) is 4.46. The Kier molecular flexibility index (Phi) is 4.66. The fraction of sp³-hybridized carbons (Fsp3) is 0.529. The Morgan fingerprint density at radius 2 is 2.22 bits per heavy atom. The lowest BCUT2D eigenvalue weighted by Crippen LogP contribution is -2.41. The standard InChI is InChI=1S/C17H21N3O2S/c1-2-14-17(21-8-1)15(22-12-13-3-5-18-6-4-13)10-20(14)11-16-19-7-9-23-16/h3-7,9,14-15,17H,1-2,8,10-12H2/t14-,15+,17+/m1/s1. The third-order valence-corrected chi connectivity index (χ3v) is 5.38. The second-order valence-corrected chi connectivity index (χ2v) is 7.08. The van der Waals surface area contributed by atoms with Crippen LogP contribution in [0.15, 0.2) is 36.1 Å². The van der Waals surface area contributed by atoms with E-state index in [-0.39, 0.29) is 12.2 Å². The Balaban J connectivity index is 1.42. The zero-order chi connectivity index (χ0) is 15.5.